The van der Waals surface area contributed by atoms with Gasteiger partial charge in [-0.1, -0.05) is 165 Å². The number of carbonyl (C=O) groups is 1. The molecule has 0 aliphatic heterocycles. The first-order chi connectivity index (χ1) is 22.6. The third-order valence-electron chi connectivity index (χ3n) is 8.64. The number of carbonyl (C=O) groups excluding carboxylic acids is 1. The van der Waals surface area contributed by atoms with Crippen LogP contribution in [-0.4, -0.2) is 46.1 Å². The Morgan fingerprint density at radius 1 is 0.543 bits per heavy atom. The Bertz CT molecular complexity index is 760. The lowest BCUT2D eigenvalue weighted by Crippen LogP contribution is -2.48. The van der Waals surface area contributed by atoms with Gasteiger partial charge in [0.15, 0.2) is 0 Å². The molecule has 5 heteroatoms. The Morgan fingerprint density at radius 2 is 0.957 bits per heavy atom. The molecule has 1 amide bonds. The predicted octanol–water partition coefficient (Wildman–Crippen LogP) is 10.6. The van der Waals surface area contributed by atoms with Crippen LogP contribution in [0.15, 0.2) is 48.6 Å². The minimum Gasteiger partial charge on any atom is -0.394 e. The van der Waals surface area contributed by atoms with Gasteiger partial charge in [-0.2, -0.15) is 0 Å². The maximum atomic E-state index is 12.4. The van der Waals surface area contributed by atoms with Crippen LogP contribution in [0.2, 0.25) is 0 Å². The van der Waals surface area contributed by atoms with E-state index in [1.807, 2.05) is 6.08 Å². The summed E-state index contributed by atoms with van der Waals surface area (Å²) in [5.74, 6) is -0.524. The lowest BCUT2D eigenvalue weighted by molar-refractivity contribution is -0.131. The highest BCUT2D eigenvalue weighted by molar-refractivity contribution is 5.80. The predicted molar refractivity (Wildman–Crippen MR) is 199 cm³/mol. The van der Waals surface area contributed by atoms with E-state index in [4.69, 9.17) is 0 Å². The second-order valence-electron chi connectivity index (χ2n) is 13.1. The smallest absolute Gasteiger partial charge is 0.249 e. The Morgan fingerprint density at radius 3 is 1.50 bits per heavy atom. The molecule has 0 saturated heterocycles. The third-order valence-corrected chi connectivity index (χ3v) is 8.64. The number of aliphatic hydroxyl groups excluding tert-OH is 3. The number of rotatable bonds is 34. The number of hydrogen-bond donors (Lipinski definition) is 4. The molecule has 3 unspecified atom stereocenters. The summed E-state index contributed by atoms with van der Waals surface area (Å²) < 4.78 is 0. The SMILES string of the molecule is CCCCC/C=C\C/C=C\CCCCCCCCC(O)C(=O)NC(CO)C(O)/C=C/CC/C=C/CCCCCCCCCCCC. The van der Waals surface area contributed by atoms with Crippen LogP contribution in [0.4, 0.5) is 0 Å². The average Bonchev–Trinajstić information content (AvgIpc) is 3.06. The molecule has 0 spiro atoms. The molecule has 0 heterocycles. The highest BCUT2D eigenvalue weighted by Gasteiger charge is 2.22. The Hall–Kier alpha value is -1.69. The van der Waals surface area contributed by atoms with Gasteiger partial charge in [0.05, 0.1) is 18.8 Å². The molecule has 0 aromatic rings. The summed E-state index contributed by atoms with van der Waals surface area (Å²) in [5.41, 5.74) is 0. The fourth-order valence-electron chi connectivity index (χ4n) is 5.52. The summed E-state index contributed by atoms with van der Waals surface area (Å²) in [7, 11) is 0. The summed E-state index contributed by atoms with van der Waals surface area (Å²) in [6.07, 6.45) is 45.5. The Labute approximate surface area is 285 Å². The summed E-state index contributed by atoms with van der Waals surface area (Å²) in [6.45, 7) is 4.12. The van der Waals surface area contributed by atoms with Gasteiger partial charge in [0, 0.05) is 0 Å². The van der Waals surface area contributed by atoms with Gasteiger partial charge in [0.2, 0.25) is 5.91 Å². The van der Waals surface area contributed by atoms with Crippen molar-refractivity contribution in [3.8, 4) is 0 Å². The molecule has 0 saturated carbocycles. The van der Waals surface area contributed by atoms with E-state index in [1.54, 1.807) is 6.08 Å². The highest BCUT2D eigenvalue weighted by Crippen LogP contribution is 2.13. The van der Waals surface area contributed by atoms with Crippen LogP contribution >= 0.6 is 0 Å². The van der Waals surface area contributed by atoms with Gasteiger partial charge >= 0.3 is 0 Å². The lowest BCUT2D eigenvalue weighted by atomic mass is 10.0. The third kappa shape index (κ3) is 30.9. The van der Waals surface area contributed by atoms with Crippen molar-refractivity contribution >= 4 is 5.91 Å². The normalized spacial score (nSPS) is 14.3. The van der Waals surface area contributed by atoms with Gasteiger partial charge in [-0.05, 0) is 64.2 Å². The van der Waals surface area contributed by atoms with Crippen LogP contribution in [0.25, 0.3) is 0 Å². The lowest BCUT2D eigenvalue weighted by Gasteiger charge is -2.21. The molecular formula is C41H75NO4. The van der Waals surface area contributed by atoms with E-state index in [0.717, 1.165) is 51.4 Å². The van der Waals surface area contributed by atoms with Crippen molar-refractivity contribution in [1.29, 1.82) is 0 Å². The van der Waals surface area contributed by atoms with Gasteiger partial charge in [0.25, 0.3) is 0 Å². The summed E-state index contributed by atoms with van der Waals surface area (Å²) in [6, 6.07) is -0.818. The van der Waals surface area contributed by atoms with Crippen molar-refractivity contribution in [3.63, 3.8) is 0 Å². The van der Waals surface area contributed by atoms with Gasteiger partial charge < -0.3 is 20.6 Å². The zero-order valence-corrected chi connectivity index (χ0v) is 30.2. The monoisotopic (exact) mass is 646 g/mol. The molecule has 0 rings (SSSR count). The van der Waals surface area contributed by atoms with Crippen molar-refractivity contribution in [2.75, 3.05) is 6.61 Å². The fourth-order valence-corrected chi connectivity index (χ4v) is 5.52. The van der Waals surface area contributed by atoms with Crippen LogP contribution in [0.5, 0.6) is 0 Å². The van der Waals surface area contributed by atoms with E-state index in [0.29, 0.717) is 6.42 Å². The van der Waals surface area contributed by atoms with Crippen LogP contribution in [0.1, 0.15) is 181 Å². The Kier molecular flexibility index (Phi) is 34.8. The standard InChI is InChI=1S/C41H75NO4/c1-3-5-7-9-11-13-15-17-19-21-23-25-27-29-31-33-35-39(44)38(37-43)42-41(46)40(45)36-34-32-30-28-26-24-22-20-18-16-14-12-10-8-6-4-2/h12,14,18,20,25,27,33,35,38-40,43-45H,3-11,13,15-17,19,21-24,26,28-32,34,36-37H2,1-2H3,(H,42,46)/b14-12-,20-18-,27-25+,35-33+. The van der Waals surface area contributed by atoms with E-state index in [-0.39, 0.29) is 6.61 Å². The van der Waals surface area contributed by atoms with Gasteiger partial charge in [0.1, 0.15) is 6.10 Å². The first-order valence-electron chi connectivity index (χ1n) is 19.5. The molecule has 3 atom stereocenters. The first-order valence-corrected chi connectivity index (χ1v) is 19.5. The zero-order valence-electron chi connectivity index (χ0n) is 30.2. The molecular weight excluding hydrogens is 570 g/mol. The van der Waals surface area contributed by atoms with Gasteiger partial charge in [-0.15, -0.1) is 0 Å². The molecule has 5 nitrogen and oxygen atoms in total. The average molecular weight is 646 g/mol. The van der Waals surface area contributed by atoms with Crippen molar-refractivity contribution < 1.29 is 20.1 Å². The van der Waals surface area contributed by atoms with Crippen LogP contribution < -0.4 is 5.32 Å². The maximum Gasteiger partial charge on any atom is 0.249 e. The van der Waals surface area contributed by atoms with E-state index in [2.05, 4.69) is 55.6 Å². The number of amides is 1. The summed E-state index contributed by atoms with van der Waals surface area (Å²) in [5, 5.41) is 33.0. The molecule has 0 radical (unpaired) electrons. The second kappa shape index (κ2) is 36.2. The maximum absolute atomic E-state index is 12.4. The molecule has 0 aromatic heterocycles. The van der Waals surface area contributed by atoms with E-state index in [9.17, 15) is 20.1 Å². The number of nitrogens with one attached hydrogen (secondary N) is 1. The first kappa shape index (κ1) is 44.3. The minimum atomic E-state index is -1.11. The molecule has 0 fully saturated rings. The number of aliphatic hydroxyl groups is 3. The van der Waals surface area contributed by atoms with Crippen molar-refractivity contribution in [2.45, 2.75) is 199 Å². The van der Waals surface area contributed by atoms with E-state index in [1.165, 1.54) is 109 Å². The number of unbranched alkanes of at least 4 members (excludes halogenated alkanes) is 20. The van der Waals surface area contributed by atoms with Crippen molar-refractivity contribution in [2.24, 2.45) is 0 Å². The molecule has 0 bridgehead atoms. The fraction of sp³-hybridized carbons (Fsp3) is 0.780. The van der Waals surface area contributed by atoms with Crippen LogP contribution in [-0.2, 0) is 4.79 Å². The topological polar surface area (TPSA) is 89.8 Å². The van der Waals surface area contributed by atoms with Gasteiger partial charge in [-0.3, -0.25) is 4.79 Å². The van der Waals surface area contributed by atoms with E-state index < -0.39 is 24.2 Å². The van der Waals surface area contributed by atoms with E-state index >= 15 is 0 Å². The van der Waals surface area contributed by atoms with Crippen molar-refractivity contribution in [1.82, 2.24) is 5.32 Å². The molecule has 268 valence electrons. The quantitative estimate of drug-likeness (QED) is 0.0414. The summed E-state index contributed by atoms with van der Waals surface area (Å²) >= 11 is 0. The highest BCUT2D eigenvalue weighted by atomic mass is 16.3. The Balaban J connectivity index is 3.81. The molecule has 4 N–H and O–H groups in total. The number of hydrogen-bond acceptors (Lipinski definition) is 4. The zero-order chi connectivity index (χ0) is 33.8. The van der Waals surface area contributed by atoms with Crippen LogP contribution in [0, 0.1) is 0 Å². The summed E-state index contributed by atoms with van der Waals surface area (Å²) in [4.78, 5) is 12.4. The second-order valence-corrected chi connectivity index (χ2v) is 13.1. The molecule has 0 aliphatic rings. The molecule has 0 aliphatic carbocycles. The molecule has 46 heavy (non-hydrogen) atoms. The van der Waals surface area contributed by atoms with Crippen LogP contribution in [0.3, 0.4) is 0 Å². The van der Waals surface area contributed by atoms with Gasteiger partial charge in [-0.25, -0.2) is 0 Å². The largest absolute Gasteiger partial charge is 0.394 e. The minimum absolute atomic E-state index is 0.381. The van der Waals surface area contributed by atoms with Crippen molar-refractivity contribution in [3.05, 3.63) is 48.6 Å². The number of allylic oxidation sites excluding steroid dienone is 7. The molecule has 0 aromatic carbocycles.